The van der Waals surface area contributed by atoms with Gasteiger partial charge in [-0.3, -0.25) is 9.78 Å². The van der Waals surface area contributed by atoms with Gasteiger partial charge >= 0.3 is 0 Å². The van der Waals surface area contributed by atoms with Gasteiger partial charge in [0, 0.05) is 48.7 Å². The number of fused-ring (bicyclic) bond motifs is 1. The van der Waals surface area contributed by atoms with Crippen LogP contribution in [0.2, 0.25) is 0 Å². The Hall–Kier alpha value is -4.33. The Morgan fingerprint density at radius 2 is 2.00 bits per heavy atom. The number of nitriles is 1. The Labute approximate surface area is 248 Å². The number of hydrogen-bond donors (Lipinski definition) is 2. The fourth-order valence-electron chi connectivity index (χ4n) is 5.91. The lowest BCUT2D eigenvalue weighted by molar-refractivity contribution is 0.0663. The highest BCUT2D eigenvalue weighted by Crippen LogP contribution is 2.38. The summed E-state index contributed by atoms with van der Waals surface area (Å²) in [5.41, 5.74) is 3.74. The number of carbonyl (C=O) groups excluding carboxylic acids is 1. The van der Waals surface area contributed by atoms with Crippen molar-refractivity contribution in [2.45, 2.75) is 37.9 Å². The van der Waals surface area contributed by atoms with Crippen LogP contribution in [0.25, 0.3) is 33.6 Å². The molecule has 0 bridgehead atoms. The zero-order chi connectivity index (χ0) is 29.9. The van der Waals surface area contributed by atoms with E-state index in [1.54, 1.807) is 42.6 Å². The predicted octanol–water partition coefficient (Wildman–Crippen LogP) is 5.58. The van der Waals surface area contributed by atoms with Crippen molar-refractivity contribution in [1.29, 1.82) is 5.26 Å². The van der Waals surface area contributed by atoms with Gasteiger partial charge in [0.1, 0.15) is 29.0 Å². The molecule has 0 radical (unpaired) electrons. The number of nitrogens with zero attached hydrogens (tertiary/aromatic N) is 2. The summed E-state index contributed by atoms with van der Waals surface area (Å²) in [5.74, 6) is 0.308. The van der Waals surface area contributed by atoms with Gasteiger partial charge in [0.15, 0.2) is 5.58 Å². The third-order valence-corrected chi connectivity index (χ3v) is 8.33. The monoisotopic (exact) mass is 586 g/mol. The number of nitrogens with one attached hydrogen (secondary N) is 2. The molecule has 4 heterocycles. The number of methoxy groups -OCH3 is 1. The molecular formula is C33H32F2N4O4. The number of benzene rings is 2. The van der Waals surface area contributed by atoms with E-state index in [0.717, 1.165) is 12.8 Å². The van der Waals surface area contributed by atoms with Crippen LogP contribution in [0.4, 0.5) is 8.78 Å². The van der Waals surface area contributed by atoms with Crippen LogP contribution in [0.1, 0.15) is 40.7 Å². The number of rotatable bonds is 7. The number of alkyl halides is 1. The van der Waals surface area contributed by atoms with Crippen molar-refractivity contribution >= 4 is 17.0 Å². The van der Waals surface area contributed by atoms with Crippen LogP contribution in [-0.4, -0.2) is 56.5 Å². The summed E-state index contributed by atoms with van der Waals surface area (Å²) < 4.78 is 47.0. The van der Waals surface area contributed by atoms with E-state index in [1.165, 1.54) is 13.2 Å². The van der Waals surface area contributed by atoms with Crippen molar-refractivity contribution < 1.29 is 27.5 Å². The van der Waals surface area contributed by atoms with Gasteiger partial charge in [-0.15, -0.1) is 0 Å². The van der Waals surface area contributed by atoms with Crippen LogP contribution in [0.15, 0.2) is 53.1 Å². The summed E-state index contributed by atoms with van der Waals surface area (Å²) in [6.45, 7) is 2.16. The van der Waals surface area contributed by atoms with Crippen molar-refractivity contribution in [2.75, 3.05) is 33.4 Å². The maximum atomic E-state index is 15.5. The van der Waals surface area contributed by atoms with E-state index in [0.29, 0.717) is 88.6 Å². The van der Waals surface area contributed by atoms with Crippen LogP contribution < -0.4 is 15.4 Å². The van der Waals surface area contributed by atoms with Crippen molar-refractivity contribution in [3.8, 4) is 34.3 Å². The molecular weight excluding hydrogens is 554 g/mol. The lowest BCUT2D eigenvalue weighted by Crippen LogP contribution is -2.50. The molecule has 1 amide bonds. The fraction of sp³-hybridized carbons (Fsp3) is 0.364. The summed E-state index contributed by atoms with van der Waals surface area (Å²) in [6.07, 6.45) is 3.15. The van der Waals surface area contributed by atoms with E-state index < -0.39 is 18.0 Å². The first-order valence-electron chi connectivity index (χ1n) is 14.5. The van der Waals surface area contributed by atoms with Gasteiger partial charge in [-0.05, 0) is 80.1 Å². The predicted molar refractivity (Wildman–Crippen MR) is 157 cm³/mol. The average molecular weight is 587 g/mol. The van der Waals surface area contributed by atoms with Gasteiger partial charge in [0.2, 0.25) is 0 Å². The van der Waals surface area contributed by atoms with Gasteiger partial charge in [0.05, 0.1) is 30.3 Å². The minimum atomic E-state index is -1.16. The second-order valence-electron chi connectivity index (χ2n) is 11.0. The number of halogens is 2. The minimum absolute atomic E-state index is 0.209. The molecule has 0 aliphatic carbocycles. The Morgan fingerprint density at radius 3 is 2.77 bits per heavy atom. The lowest BCUT2D eigenvalue weighted by atomic mass is 9.88. The van der Waals surface area contributed by atoms with Gasteiger partial charge in [-0.1, -0.05) is 0 Å². The minimum Gasteiger partial charge on any atom is -0.496 e. The second-order valence-corrected chi connectivity index (χ2v) is 11.0. The topological polar surface area (TPSA) is 109 Å². The van der Waals surface area contributed by atoms with Crippen molar-refractivity contribution in [3.63, 3.8) is 0 Å². The largest absolute Gasteiger partial charge is 0.496 e. The summed E-state index contributed by atoms with van der Waals surface area (Å²) in [6, 6.07) is 13.2. The maximum Gasteiger partial charge on any atom is 0.251 e. The molecule has 6 rings (SSSR count). The number of aromatic nitrogens is 1. The molecule has 2 aromatic carbocycles. The fourth-order valence-corrected chi connectivity index (χ4v) is 5.91. The molecule has 0 spiro atoms. The van der Waals surface area contributed by atoms with Crippen LogP contribution in [0.3, 0.4) is 0 Å². The quantitative estimate of drug-likeness (QED) is 0.291. The van der Waals surface area contributed by atoms with Crippen molar-refractivity contribution in [3.05, 3.63) is 71.2 Å². The first kappa shape index (κ1) is 28.8. The molecule has 10 heteroatoms. The van der Waals surface area contributed by atoms with E-state index in [4.69, 9.17) is 13.9 Å². The van der Waals surface area contributed by atoms with E-state index in [2.05, 4.69) is 21.7 Å². The Bertz CT molecular complexity index is 1690. The summed E-state index contributed by atoms with van der Waals surface area (Å²) in [5, 5.41) is 15.6. The molecule has 2 atom stereocenters. The maximum absolute atomic E-state index is 15.5. The number of amides is 1. The molecule has 222 valence electrons. The van der Waals surface area contributed by atoms with Crippen LogP contribution in [0.5, 0.6) is 5.75 Å². The van der Waals surface area contributed by atoms with E-state index >= 15 is 4.39 Å². The smallest absolute Gasteiger partial charge is 0.251 e. The van der Waals surface area contributed by atoms with E-state index in [1.807, 2.05) is 0 Å². The highest BCUT2D eigenvalue weighted by Gasteiger charge is 2.27. The zero-order valence-electron chi connectivity index (χ0n) is 23.8. The summed E-state index contributed by atoms with van der Waals surface area (Å²) >= 11 is 0. The molecule has 0 saturated carbocycles. The lowest BCUT2D eigenvalue weighted by Gasteiger charge is -2.27. The SMILES string of the molecule is COc1cc(C(=O)N[C@H]2CCNC[C@@H]2F)ccc1-c1cc2nccc(-c3cc(F)c(CC4CCOCC4)c(C#N)c3)c2o1. The van der Waals surface area contributed by atoms with E-state index in [-0.39, 0.29) is 18.4 Å². The molecule has 2 aromatic heterocycles. The molecule has 0 unspecified atom stereocenters. The molecule has 2 fully saturated rings. The number of piperidine rings is 1. The molecule has 2 aliphatic heterocycles. The summed E-state index contributed by atoms with van der Waals surface area (Å²) in [4.78, 5) is 17.3. The Balaban J connectivity index is 1.30. The van der Waals surface area contributed by atoms with Crippen molar-refractivity contribution in [1.82, 2.24) is 15.6 Å². The number of furan rings is 1. The molecule has 43 heavy (non-hydrogen) atoms. The molecule has 2 saturated heterocycles. The molecule has 4 aromatic rings. The Kier molecular flexibility index (Phi) is 8.36. The molecule has 2 aliphatic rings. The van der Waals surface area contributed by atoms with Crippen LogP contribution in [-0.2, 0) is 11.2 Å². The van der Waals surface area contributed by atoms with Gasteiger partial charge < -0.3 is 24.5 Å². The van der Waals surface area contributed by atoms with Crippen LogP contribution in [0, 0.1) is 23.1 Å². The third kappa shape index (κ3) is 5.96. The Morgan fingerprint density at radius 1 is 1.16 bits per heavy atom. The first-order chi connectivity index (χ1) is 20.9. The second kappa shape index (κ2) is 12.5. The average Bonchev–Trinajstić information content (AvgIpc) is 3.47. The third-order valence-electron chi connectivity index (χ3n) is 8.33. The van der Waals surface area contributed by atoms with Gasteiger partial charge in [-0.25, -0.2) is 8.78 Å². The summed E-state index contributed by atoms with van der Waals surface area (Å²) in [7, 11) is 1.49. The first-order valence-corrected chi connectivity index (χ1v) is 14.5. The number of carbonyl (C=O) groups is 1. The zero-order valence-corrected chi connectivity index (χ0v) is 23.8. The van der Waals surface area contributed by atoms with E-state index in [9.17, 15) is 14.4 Å². The van der Waals surface area contributed by atoms with Crippen molar-refractivity contribution in [2.24, 2.45) is 5.92 Å². The standard InChI is InChI=1S/C33H32F2N4O4/c1-41-30-15-20(33(40)39-28-5-8-37-18-27(28)35)2-3-24(30)31-16-29-32(43-31)23(4-9-38-29)21-13-22(17-36)25(26(34)14-21)12-19-6-10-42-11-7-19/h2-4,9,13-16,19,27-28,37H,5-8,10-12,18H2,1H3,(H,39,40)/t27-,28-/m0/s1. The number of ether oxygens (including phenoxy) is 2. The highest BCUT2D eigenvalue weighted by molar-refractivity contribution is 5.97. The molecule has 8 nitrogen and oxygen atoms in total. The van der Waals surface area contributed by atoms with Gasteiger partial charge in [-0.2, -0.15) is 5.26 Å². The number of hydrogen-bond acceptors (Lipinski definition) is 7. The van der Waals surface area contributed by atoms with Gasteiger partial charge in [0.25, 0.3) is 5.91 Å². The normalized spacial score (nSPS) is 19.2. The highest BCUT2D eigenvalue weighted by atomic mass is 19.1. The van der Waals surface area contributed by atoms with Crippen LogP contribution >= 0.6 is 0 Å². The number of pyridine rings is 1. The molecule has 2 N–H and O–H groups in total.